The monoisotopic (exact) mass is 259 g/mol. The van der Waals surface area contributed by atoms with Crippen LogP contribution in [0.25, 0.3) is 0 Å². The Bertz CT molecular complexity index is 430. The molecule has 0 saturated heterocycles. The molecule has 3 fully saturated rings. The first-order valence-electron chi connectivity index (χ1n) is 7.65. The molecule has 0 aliphatic heterocycles. The maximum absolute atomic E-state index is 6.00. The van der Waals surface area contributed by atoms with Gasteiger partial charge in [-0.1, -0.05) is 12.1 Å². The van der Waals surface area contributed by atoms with Crippen molar-refractivity contribution in [2.45, 2.75) is 50.9 Å². The Morgan fingerprint density at radius 2 is 1.79 bits per heavy atom. The molecule has 0 heterocycles. The number of rotatable bonds is 4. The van der Waals surface area contributed by atoms with Crippen LogP contribution >= 0.6 is 0 Å². The van der Waals surface area contributed by atoms with Gasteiger partial charge in [0, 0.05) is 0 Å². The summed E-state index contributed by atoms with van der Waals surface area (Å²) >= 11 is 0. The molecule has 3 aliphatic rings. The Hall–Kier alpha value is -1.02. The first kappa shape index (κ1) is 13.0. The molecule has 0 amide bonds. The third-order valence-electron chi connectivity index (χ3n) is 5.59. The largest absolute Gasteiger partial charge is 0.494 e. The lowest BCUT2D eigenvalue weighted by molar-refractivity contribution is 0.0470. The number of hydrogen-bond acceptors (Lipinski definition) is 2. The van der Waals surface area contributed by atoms with E-state index in [-0.39, 0.29) is 0 Å². The molecule has 1 aromatic rings. The first-order chi connectivity index (χ1) is 9.22. The first-order valence-corrected chi connectivity index (χ1v) is 7.65. The highest BCUT2D eigenvalue weighted by Crippen LogP contribution is 2.57. The fraction of sp³-hybridized carbons (Fsp3) is 0.647. The summed E-state index contributed by atoms with van der Waals surface area (Å²) in [5.41, 5.74) is 8.37. The molecule has 3 aliphatic carbocycles. The standard InChI is InChI=1S/C17H25NO/c1-2-19-15-5-3-4-14(12-15)17-9-6-16(13-18,7-10-17)8-11-17/h3-5,12H,2,6-11,13,18H2,1H3. The second-order valence-corrected chi connectivity index (χ2v) is 6.45. The van der Waals surface area contributed by atoms with E-state index in [0.717, 1.165) is 18.9 Å². The van der Waals surface area contributed by atoms with Crippen LogP contribution < -0.4 is 10.5 Å². The third-order valence-corrected chi connectivity index (χ3v) is 5.59. The highest BCUT2D eigenvalue weighted by molar-refractivity contribution is 5.35. The number of fused-ring (bicyclic) bond motifs is 3. The van der Waals surface area contributed by atoms with Crippen molar-refractivity contribution in [3.8, 4) is 5.75 Å². The average Bonchev–Trinajstić information content (AvgIpc) is 2.50. The third kappa shape index (κ3) is 2.16. The van der Waals surface area contributed by atoms with Gasteiger partial charge in [0.15, 0.2) is 0 Å². The molecule has 0 atom stereocenters. The molecule has 3 saturated carbocycles. The van der Waals surface area contributed by atoms with E-state index in [1.165, 1.54) is 44.1 Å². The normalized spacial score (nSPS) is 33.4. The summed E-state index contributed by atoms with van der Waals surface area (Å²) in [6.07, 6.45) is 7.84. The topological polar surface area (TPSA) is 35.2 Å². The van der Waals surface area contributed by atoms with Crippen LogP contribution in [-0.4, -0.2) is 13.2 Å². The molecule has 2 nitrogen and oxygen atoms in total. The molecule has 0 aromatic heterocycles. The molecule has 19 heavy (non-hydrogen) atoms. The molecule has 2 bridgehead atoms. The van der Waals surface area contributed by atoms with Gasteiger partial charge in [-0.05, 0) is 80.5 Å². The quantitative estimate of drug-likeness (QED) is 0.896. The summed E-state index contributed by atoms with van der Waals surface area (Å²) in [5, 5.41) is 0. The number of benzene rings is 1. The molecular weight excluding hydrogens is 234 g/mol. The lowest BCUT2D eigenvalue weighted by Crippen LogP contribution is -2.47. The van der Waals surface area contributed by atoms with Gasteiger partial charge < -0.3 is 10.5 Å². The minimum atomic E-state index is 0.407. The summed E-state index contributed by atoms with van der Waals surface area (Å²) in [6, 6.07) is 8.78. The highest BCUT2D eigenvalue weighted by atomic mass is 16.5. The van der Waals surface area contributed by atoms with Crippen molar-refractivity contribution in [1.29, 1.82) is 0 Å². The van der Waals surface area contributed by atoms with Crippen LogP contribution in [0.4, 0.5) is 0 Å². The molecule has 104 valence electrons. The zero-order valence-electron chi connectivity index (χ0n) is 12.0. The van der Waals surface area contributed by atoms with E-state index in [1.54, 1.807) is 0 Å². The van der Waals surface area contributed by atoms with Crippen molar-refractivity contribution < 1.29 is 4.74 Å². The van der Waals surface area contributed by atoms with E-state index in [4.69, 9.17) is 10.5 Å². The van der Waals surface area contributed by atoms with Gasteiger partial charge in [-0.15, -0.1) is 0 Å². The molecule has 2 heteroatoms. The smallest absolute Gasteiger partial charge is 0.119 e. The zero-order chi connectivity index (χ0) is 13.3. The van der Waals surface area contributed by atoms with Crippen molar-refractivity contribution in [2.75, 3.05) is 13.2 Å². The lowest BCUT2D eigenvalue weighted by atomic mass is 9.52. The predicted molar refractivity (Wildman–Crippen MR) is 78.5 cm³/mol. The van der Waals surface area contributed by atoms with Gasteiger partial charge in [0.2, 0.25) is 0 Å². The van der Waals surface area contributed by atoms with Crippen LogP contribution in [0.3, 0.4) is 0 Å². The van der Waals surface area contributed by atoms with Crippen LogP contribution in [0, 0.1) is 5.41 Å². The van der Waals surface area contributed by atoms with Gasteiger partial charge in [-0.25, -0.2) is 0 Å². The maximum Gasteiger partial charge on any atom is 0.119 e. The van der Waals surface area contributed by atoms with Crippen LogP contribution in [0.15, 0.2) is 24.3 Å². The number of hydrogen-bond donors (Lipinski definition) is 1. The SMILES string of the molecule is CCOc1cccc(C23CCC(CN)(CC2)CC3)c1. The van der Waals surface area contributed by atoms with E-state index in [2.05, 4.69) is 24.3 Å². The summed E-state index contributed by atoms with van der Waals surface area (Å²) in [5.74, 6) is 1.02. The van der Waals surface area contributed by atoms with Crippen molar-refractivity contribution in [3.05, 3.63) is 29.8 Å². The molecule has 0 spiro atoms. The summed E-state index contributed by atoms with van der Waals surface area (Å²) in [6.45, 7) is 3.66. The summed E-state index contributed by atoms with van der Waals surface area (Å²) < 4.78 is 5.66. The number of nitrogens with two attached hydrogens (primary N) is 1. The Balaban J connectivity index is 1.85. The van der Waals surface area contributed by atoms with Gasteiger partial charge in [-0.2, -0.15) is 0 Å². The minimum Gasteiger partial charge on any atom is -0.494 e. The van der Waals surface area contributed by atoms with E-state index in [1.807, 2.05) is 6.92 Å². The van der Waals surface area contributed by atoms with Gasteiger partial charge in [0.05, 0.1) is 6.61 Å². The Morgan fingerprint density at radius 3 is 2.37 bits per heavy atom. The van der Waals surface area contributed by atoms with Crippen LogP contribution in [-0.2, 0) is 5.41 Å². The van der Waals surface area contributed by atoms with Gasteiger partial charge in [-0.3, -0.25) is 0 Å². The van der Waals surface area contributed by atoms with Gasteiger partial charge >= 0.3 is 0 Å². The number of ether oxygens (including phenoxy) is 1. The zero-order valence-corrected chi connectivity index (χ0v) is 12.0. The molecule has 2 N–H and O–H groups in total. The van der Waals surface area contributed by atoms with E-state index < -0.39 is 0 Å². The molecule has 1 aromatic carbocycles. The Kier molecular flexibility index (Phi) is 3.30. The van der Waals surface area contributed by atoms with Crippen molar-refractivity contribution >= 4 is 0 Å². The Morgan fingerprint density at radius 1 is 1.11 bits per heavy atom. The summed E-state index contributed by atoms with van der Waals surface area (Å²) in [4.78, 5) is 0. The fourth-order valence-electron chi connectivity index (χ4n) is 4.08. The van der Waals surface area contributed by atoms with E-state index in [9.17, 15) is 0 Å². The predicted octanol–water partition coefficient (Wildman–Crippen LogP) is 3.64. The van der Waals surface area contributed by atoms with Gasteiger partial charge in [0.1, 0.15) is 5.75 Å². The van der Waals surface area contributed by atoms with Gasteiger partial charge in [0.25, 0.3) is 0 Å². The molecule has 0 unspecified atom stereocenters. The molecule has 0 radical (unpaired) electrons. The van der Waals surface area contributed by atoms with Crippen molar-refractivity contribution in [1.82, 2.24) is 0 Å². The average molecular weight is 259 g/mol. The minimum absolute atomic E-state index is 0.407. The van der Waals surface area contributed by atoms with Crippen LogP contribution in [0.1, 0.15) is 51.0 Å². The lowest BCUT2D eigenvalue weighted by Gasteiger charge is -2.53. The molecule has 4 rings (SSSR count). The molecular formula is C17H25NO. The van der Waals surface area contributed by atoms with Crippen molar-refractivity contribution in [3.63, 3.8) is 0 Å². The fourth-order valence-corrected chi connectivity index (χ4v) is 4.08. The summed E-state index contributed by atoms with van der Waals surface area (Å²) in [7, 11) is 0. The van der Waals surface area contributed by atoms with Crippen LogP contribution in [0.5, 0.6) is 5.75 Å². The van der Waals surface area contributed by atoms with E-state index in [0.29, 0.717) is 10.8 Å². The van der Waals surface area contributed by atoms with Crippen LogP contribution in [0.2, 0.25) is 0 Å². The second-order valence-electron chi connectivity index (χ2n) is 6.45. The Labute approximate surface area is 116 Å². The maximum atomic E-state index is 6.00. The van der Waals surface area contributed by atoms with Crippen molar-refractivity contribution in [2.24, 2.45) is 11.1 Å². The van der Waals surface area contributed by atoms with E-state index >= 15 is 0 Å². The highest BCUT2D eigenvalue weighted by Gasteiger charge is 2.48. The second kappa shape index (κ2) is 4.82.